The summed E-state index contributed by atoms with van der Waals surface area (Å²) in [6.07, 6.45) is 42.2. The lowest BCUT2D eigenvalue weighted by Gasteiger charge is -2.09. The summed E-state index contributed by atoms with van der Waals surface area (Å²) in [7, 11) is 0. The number of aryl methyl sites for hydroxylation is 1. The van der Waals surface area contributed by atoms with Crippen LogP contribution in [-0.2, 0) is 9.59 Å². The van der Waals surface area contributed by atoms with Crippen molar-refractivity contribution in [1.29, 1.82) is 0 Å². The van der Waals surface area contributed by atoms with Crippen LogP contribution < -0.4 is 9.47 Å². The lowest BCUT2D eigenvalue weighted by molar-refractivity contribution is -0.135. The Balaban J connectivity index is 2.07. The number of hydrogen-bond donors (Lipinski definition) is 0. The monoisotopic (exact) mass is 653 g/mol. The third kappa shape index (κ3) is 28.4. The van der Waals surface area contributed by atoms with Crippen molar-refractivity contribution in [2.24, 2.45) is 0 Å². The van der Waals surface area contributed by atoms with Crippen LogP contribution in [-0.4, -0.2) is 11.9 Å². The van der Waals surface area contributed by atoms with Gasteiger partial charge in [-0.2, -0.15) is 0 Å². The number of unbranched alkanes of at least 4 members (excludes halogenated alkanes) is 22. The summed E-state index contributed by atoms with van der Waals surface area (Å²) in [5.41, 5.74) is 0.903. The highest BCUT2D eigenvalue weighted by Crippen LogP contribution is 2.24. The summed E-state index contributed by atoms with van der Waals surface area (Å²) in [4.78, 5) is 24.8. The van der Waals surface area contributed by atoms with Crippen LogP contribution in [0.5, 0.6) is 11.5 Å². The second-order valence-electron chi connectivity index (χ2n) is 13.6. The van der Waals surface area contributed by atoms with Crippen molar-refractivity contribution in [3.8, 4) is 11.5 Å². The molecule has 268 valence electrons. The maximum Gasteiger partial charge on any atom is 0.311 e. The molecule has 0 saturated heterocycles. The predicted molar refractivity (Wildman–Crippen MR) is 201 cm³/mol. The van der Waals surface area contributed by atoms with Crippen molar-refractivity contribution in [2.75, 3.05) is 0 Å². The molecule has 0 spiro atoms. The smallest absolute Gasteiger partial charge is 0.311 e. The molecule has 1 aromatic rings. The van der Waals surface area contributed by atoms with E-state index < -0.39 is 0 Å². The van der Waals surface area contributed by atoms with E-state index in [1.807, 2.05) is 19.1 Å². The van der Waals surface area contributed by atoms with Gasteiger partial charge in [0, 0.05) is 18.9 Å². The van der Waals surface area contributed by atoms with E-state index in [0.29, 0.717) is 24.3 Å². The highest BCUT2D eigenvalue weighted by molar-refractivity contribution is 5.74. The fourth-order valence-corrected chi connectivity index (χ4v) is 5.88. The van der Waals surface area contributed by atoms with Crippen LogP contribution >= 0.6 is 0 Å². The van der Waals surface area contributed by atoms with Crippen molar-refractivity contribution < 1.29 is 19.1 Å². The lowest BCUT2D eigenvalue weighted by atomic mass is 10.1. The first-order chi connectivity index (χ1) is 23.0. The minimum atomic E-state index is -0.223. The van der Waals surface area contributed by atoms with Crippen molar-refractivity contribution in [1.82, 2.24) is 0 Å². The Labute approximate surface area is 290 Å². The molecule has 4 nitrogen and oxygen atoms in total. The minimum absolute atomic E-state index is 0.223. The summed E-state index contributed by atoms with van der Waals surface area (Å²) in [6.45, 7) is 6.45. The van der Waals surface area contributed by atoms with Crippen LogP contribution in [0.3, 0.4) is 0 Å². The van der Waals surface area contributed by atoms with Gasteiger partial charge < -0.3 is 9.47 Å². The number of allylic oxidation sites excluding steroid dienone is 4. The molecule has 0 N–H and O–H groups in total. The molecule has 47 heavy (non-hydrogen) atoms. The molecule has 0 aliphatic heterocycles. The summed E-state index contributed by atoms with van der Waals surface area (Å²) >= 11 is 0. The summed E-state index contributed by atoms with van der Waals surface area (Å²) < 4.78 is 11.2. The van der Waals surface area contributed by atoms with E-state index >= 15 is 0 Å². The normalized spacial score (nSPS) is 11.6. The number of carbonyl (C=O) groups is 2. The lowest BCUT2D eigenvalue weighted by Crippen LogP contribution is -2.10. The van der Waals surface area contributed by atoms with Crippen LogP contribution in [0, 0.1) is 6.92 Å². The van der Waals surface area contributed by atoms with Gasteiger partial charge in [-0.1, -0.05) is 141 Å². The van der Waals surface area contributed by atoms with Gasteiger partial charge in [-0.25, -0.2) is 0 Å². The van der Waals surface area contributed by atoms with Crippen molar-refractivity contribution in [3.63, 3.8) is 0 Å². The fraction of sp³-hybridized carbons (Fsp3) is 0.721. The second-order valence-corrected chi connectivity index (χ2v) is 13.6. The number of esters is 2. The number of benzene rings is 1. The Hall–Kier alpha value is -2.36. The molecule has 0 atom stereocenters. The van der Waals surface area contributed by atoms with E-state index in [2.05, 4.69) is 38.2 Å². The zero-order valence-electron chi connectivity index (χ0n) is 31.0. The summed E-state index contributed by atoms with van der Waals surface area (Å²) in [5.74, 6) is 0.454. The molecule has 0 saturated carbocycles. The molecular weight excluding hydrogens is 580 g/mol. The van der Waals surface area contributed by atoms with Gasteiger partial charge in [-0.3, -0.25) is 9.59 Å². The molecule has 1 aromatic carbocycles. The van der Waals surface area contributed by atoms with E-state index in [1.165, 1.54) is 116 Å². The number of rotatable bonds is 32. The molecule has 0 unspecified atom stereocenters. The van der Waals surface area contributed by atoms with Gasteiger partial charge in [0.2, 0.25) is 0 Å². The minimum Gasteiger partial charge on any atom is -0.426 e. The van der Waals surface area contributed by atoms with Gasteiger partial charge in [0.15, 0.2) is 0 Å². The Morgan fingerprint density at radius 3 is 1.09 bits per heavy atom. The first-order valence-electron chi connectivity index (χ1n) is 19.9. The average Bonchev–Trinajstić information content (AvgIpc) is 3.04. The van der Waals surface area contributed by atoms with Gasteiger partial charge in [0.1, 0.15) is 11.5 Å². The van der Waals surface area contributed by atoms with E-state index in [0.717, 1.165) is 56.9 Å². The molecule has 0 aromatic heterocycles. The van der Waals surface area contributed by atoms with E-state index in [4.69, 9.17) is 9.47 Å². The van der Waals surface area contributed by atoms with E-state index in [1.54, 1.807) is 6.07 Å². The van der Waals surface area contributed by atoms with Crippen molar-refractivity contribution >= 4 is 11.9 Å². The van der Waals surface area contributed by atoms with Gasteiger partial charge in [-0.15, -0.1) is 0 Å². The van der Waals surface area contributed by atoms with Gasteiger partial charge in [0.25, 0.3) is 0 Å². The Kier molecular flexibility index (Phi) is 29.2. The second kappa shape index (κ2) is 32.2. The Morgan fingerprint density at radius 1 is 0.447 bits per heavy atom. The molecular formula is C43H72O4. The Bertz CT molecular complexity index is 875. The average molecular weight is 653 g/mol. The van der Waals surface area contributed by atoms with Crippen LogP contribution in [0.25, 0.3) is 0 Å². The Morgan fingerprint density at radius 2 is 0.745 bits per heavy atom. The number of carbonyl (C=O) groups excluding carboxylic acids is 2. The van der Waals surface area contributed by atoms with Gasteiger partial charge in [-0.05, 0) is 88.8 Å². The van der Waals surface area contributed by atoms with Crippen molar-refractivity contribution in [2.45, 2.75) is 201 Å². The zero-order valence-corrected chi connectivity index (χ0v) is 31.0. The van der Waals surface area contributed by atoms with E-state index in [-0.39, 0.29) is 11.9 Å². The molecule has 0 bridgehead atoms. The van der Waals surface area contributed by atoms with E-state index in [9.17, 15) is 9.59 Å². The fourth-order valence-electron chi connectivity index (χ4n) is 5.88. The van der Waals surface area contributed by atoms with Crippen LogP contribution in [0.15, 0.2) is 42.5 Å². The quantitative estimate of drug-likeness (QED) is 0.0336. The summed E-state index contributed by atoms with van der Waals surface area (Å²) in [5, 5.41) is 0. The predicted octanol–water partition coefficient (Wildman–Crippen LogP) is 13.9. The maximum absolute atomic E-state index is 12.4. The molecule has 0 heterocycles. The molecule has 0 fully saturated rings. The molecule has 4 heteroatoms. The maximum atomic E-state index is 12.4. The molecule has 0 aliphatic carbocycles. The highest BCUT2D eigenvalue weighted by Gasteiger charge is 2.10. The third-order valence-electron chi connectivity index (χ3n) is 8.77. The van der Waals surface area contributed by atoms with Gasteiger partial charge in [0.05, 0.1) is 0 Å². The van der Waals surface area contributed by atoms with Crippen molar-refractivity contribution in [3.05, 3.63) is 48.1 Å². The van der Waals surface area contributed by atoms with Gasteiger partial charge >= 0.3 is 11.9 Å². The topological polar surface area (TPSA) is 52.6 Å². The molecule has 0 radical (unpaired) electrons. The standard InChI is InChI=1S/C43H72O4/c1-4-6-8-10-12-14-16-18-20-22-24-26-28-30-32-34-42(44)46-40-36-39(3)37-41(38-40)47-43(45)35-33-31-29-27-25-23-21-19-17-15-13-11-9-7-5-2/h18-21,36-38H,4-17,22-35H2,1-3H3/b20-18-,21-19-. The first-order valence-corrected chi connectivity index (χ1v) is 19.9. The zero-order chi connectivity index (χ0) is 34.0. The first kappa shape index (κ1) is 42.7. The van der Waals surface area contributed by atoms with Crippen LogP contribution in [0.4, 0.5) is 0 Å². The number of ether oxygens (including phenoxy) is 2. The SMILES string of the molecule is CCCCCCCC/C=C\CCCCCCCC(=O)Oc1cc(C)cc(OC(=O)CCCCCCC/C=C\CCCCCCCC)c1. The number of hydrogen-bond acceptors (Lipinski definition) is 4. The molecule has 1 rings (SSSR count). The molecule has 0 amide bonds. The largest absolute Gasteiger partial charge is 0.426 e. The van der Waals surface area contributed by atoms with Crippen LogP contribution in [0.2, 0.25) is 0 Å². The summed E-state index contributed by atoms with van der Waals surface area (Å²) in [6, 6.07) is 5.29. The molecule has 0 aliphatic rings. The third-order valence-corrected chi connectivity index (χ3v) is 8.77. The van der Waals surface area contributed by atoms with Crippen LogP contribution in [0.1, 0.15) is 199 Å². The highest BCUT2D eigenvalue weighted by atomic mass is 16.5.